The summed E-state index contributed by atoms with van der Waals surface area (Å²) in [6.07, 6.45) is 0. The molecule has 0 bridgehead atoms. The molecule has 0 saturated heterocycles. The number of amides is 1. The maximum absolute atomic E-state index is 11.5. The predicted molar refractivity (Wildman–Crippen MR) is 54.1 cm³/mol. The van der Waals surface area contributed by atoms with Crippen molar-refractivity contribution in [1.29, 1.82) is 0 Å². The lowest BCUT2D eigenvalue weighted by Gasteiger charge is -2.10. The minimum absolute atomic E-state index is 0.0650. The van der Waals surface area contributed by atoms with E-state index in [0.717, 1.165) is 0 Å². The highest BCUT2D eigenvalue weighted by Gasteiger charge is 2.08. The summed E-state index contributed by atoms with van der Waals surface area (Å²) in [5.41, 5.74) is 5.80. The second-order valence-electron chi connectivity index (χ2n) is 3.16. The molecule has 0 saturated carbocycles. The first-order chi connectivity index (χ1) is 6.63. The quantitative estimate of drug-likeness (QED) is 0.654. The molecule has 0 aliphatic rings. The molecule has 4 nitrogen and oxygen atoms in total. The molecular formula is C10H14N2O2. The van der Waals surface area contributed by atoms with Crippen LogP contribution >= 0.6 is 0 Å². The molecule has 14 heavy (non-hydrogen) atoms. The van der Waals surface area contributed by atoms with Crippen LogP contribution in [-0.4, -0.2) is 23.6 Å². The zero-order valence-electron chi connectivity index (χ0n) is 8.03. The Bertz CT molecular complexity index is 326. The van der Waals surface area contributed by atoms with E-state index < -0.39 is 0 Å². The van der Waals surface area contributed by atoms with Gasteiger partial charge in [-0.05, 0) is 25.1 Å². The minimum atomic E-state index is -0.223. The van der Waals surface area contributed by atoms with E-state index in [2.05, 4.69) is 5.32 Å². The third kappa shape index (κ3) is 2.74. The summed E-state index contributed by atoms with van der Waals surface area (Å²) in [5, 5.41) is 11.8. The van der Waals surface area contributed by atoms with Gasteiger partial charge in [-0.3, -0.25) is 4.79 Å². The van der Waals surface area contributed by atoms with Crippen LogP contribution < -0.4 is 11.1 Å². The zero-order valence-corrected chi connectivity index (χ0v) is 8.03. The first-order valence-corrected chi connectivity index (χ1v) is 4.43. The number of phenols is 1. The van der Waals surface area contributed by atoms with Gasteiger partial charge in [0.25, 0.3) is 5.91 Å². The Morgan fingerprint density at radius 2 is 2.36 bits per heavy atom. The Labute approximate surface area is 82.7 Å². The van der Waals surface area contributed by atoms with Crippen molar-refractivity contribution in [3.63, 3.8) is 0 Å². The number of phenolic OH excluding ortho intramolecular Hbond substituents is 1. The monoisotopic (exact) mass is 194 g/mol. The first-order valence-electron chi connectivity index (χ1n) is 4.43. The molecule has 1 aromatic carbocycles. The van der Waals surface area contributed by atoms with Gasteiger partial charge in [0.2, 0.25) is 0 Å². The number of rotatable bonds is 3. The number of aromatic hydroxyl groups is 1. The molecule has 0 aromatic heterocycles. The fourth-order valence-electron chi connectivity index (χ4n) is 1.01. The van der Waals surface area contributed by atoms with Crippen molar-refractivity contribution in [3.8, 4) is 5.75 Å². The standard InChI is InChI=1S/C10H14N2O2/c1-7(6-11)12-10(14)8-3-2-4-9(13)5-8/h2-5,7,13H,6,11H2,1H3,(H,12,14). The molecule has 0 aliphatic carbocycles. The highest BCUT2D eigenvalue weighted by molar-refractivity contribution is 5.94. The van der Waals surface area contributed by atoms with Gasteiger partial charge >= 0.3 is 0 Å². The van der Waals surface area contributed by atoms with Crippen molar-refractivity contribution < 1.29 is 9.90 Å². The Kier molecular flexibility index (Phi) is 3.48. The number of hydrogen-bond donors (Lipinski definition) is 3. The number of carbonyl (C=O) groups excluding carboxylic acids is 1. The van der Waals surface area contributed by atoms with E-state index in [1.165, 1.54) is 12.1 Å². The molecule has 0 radical (unpaired) electrons. The van der Waals surface area contributed by atoms with Crippen LogP contribution in [0.2, 0.25) is 0 Å². The summed E-state index contributed by atoms with van der Waals surface area (Å²) in [6, 6.07) is 6.13. The fourth-order valence-corrected chi connectivity index (χ4v) is 1.01. The van der Waals surface area contributed by atoms with E-state index in [-0.39, 0.29) is 17.7 Å². The van der Waals surface area contributed by atoms with Gasteiger partial charge in [-0.1, -0.05) is 6.07 Å². The van der Waals surface area contributed by atoms with Crippen molar-refractivity contribution in [1.82, 2.24) is 5.32 Å². The molecule has 1 aromatic rings. The Hall–Kier alpha value is -1.55. The van der Waals surface area contributed by atoms with Crippen molar-refractivity contribution >= 4 is 5.91 Å². The maximum atomic E-state index is 11.5. The SMILES string of the molecule is CC(CN)NC(=O)c1cccc(O)c1. The average molecular weight is 194 g/mol. The van der Waals surface area contributed by atoms with Crippen LogP contribution in [0.15, 0.2) is 24.3 Å². The molecule has 0 heterocycles. The Balaban J connectivity index is 2.70. The molecule has 1 amide bonds. The number of hydrogen-bond acceptors (Lipinski definition) is 3. The fraction of sp³-hybridized carbons (Fsp3) is 0.300. The number of nitrogens with two attached hydrogens (primary N) is 1. The number of carbonyl (C=O) groups is 1. The van der Waals surface area contributed by atoms with Gasteiger partial charge in [0.1, 0.15) is 5.75 Å². The van der Waals surface area contributed by atoms with Gasteiger partial charge in [-0.25, -0.2) is 0 Å². The van der Waals surface area contributed by atoms with E-state index in [0.29, 0.717) is 12.1 Å². The highest BCUT2D eigenvalue weighted by Crippen LogP contribution is 2.10. The van der Waals surface area contributed by atoms with Crippen molar-refractivity contribution in [3.05, 3.63) is 29.8 Å². The van der Waals surface area contributed by atoms with Crippen LogP contribution in [0.3, 0.4) is 0 Å². The first kappa shape index (κ1) is 10.5. The number of nitrogens with one attached hydrogen (secondary N) is 1. The lowest BCUT2D eigenvalue weighted by molar-refractivity contribution is 0.0941. The van der Waals surface area contributed by atoms with Crippen molar-refractivity contribution in [2.24, 2.45) is 5.73 Å². The van der Waals surface area contributed by atoms with Gasteiger partial charge in [-0.15, -0.1) is 0 Å². The molecule has 1 rings (SSSR count). The van der Waals surface area contributed by atoms with Crippen LogP contribution in [0.5, 0.6) is 5.75 Å². The van der Waals surface area contributed by atoms with E-state index in [9.17, 15) is 4.79 Å². The summed E-state index contributed by atoms with van der Waals surface area (Å²) in [6.45, 7) is 2.21. The van der Waals surface area contributed by atoms with E-state index >= 15 is 0 Å². The van der Waals surface area contributed by atoms with Crippen LogP contribution in [0.4, 0.5) is 0 Å². The van der Waals surface area contributed by atoms with Crippen molar-refractivity contribution in [2.75, 3.05) is 6.54 Å². The average Bonchev–Trinajstić information content (AvgIpc) is 2.17. The lowest BCUT2D eigenvalue weighted by atomic mass is 10.2. The van der Waals surface area contributed by atoms with Crippen LogP contribution in [0.25, 0.3) is 0 Å². The Morgan fingerprint density at radius 1 is 1.64 bits per heavy atom. The van der Waals surface area contributed by atoms with Gasteiger partial charge in [0, 0.05) is 18.2 Å². The molecule has 76 valence electrons. The largest absolute Gasteiger partial charge is 0.508 e. The summed E-state index contributed by atoms with van der Waals surface area (Å²) in [5.74, 6) is -0.142. The number of benzene rings is 1. The second-order valence-corrected chi connectivity index (χ2v) is 3.16. The minimum Gasteiger partial charge on any atom is -0.508 e. The van der Waals surface area contributed by atoms with Crippen LogP contribution in [0, 0.1) is 0 Å². The summed E-state index contributed by atoms with van der Waals surface area (Å²) < 4.78 is 0. The molecule has 1 atom stereocenters. The molecule has 1 unspecified atom stereocenters. The molecule has 0 fully saturated rings. The molecule has 0 spiro atoms. The Morgan fingerprint density at radius 3 is 2.93 bits per heavy atom. The smallest absolute Gasteiger partial charge is 0.251 e. The van der Waals surface area contributed by atoms with Crippen LogP contribution in [-0.2, 0) is 0 Å². The summed E-state index contributed by atoms with van der Waals surface area (Å²) in [7, 11) is 0. The van der Waals surface area contributed by atoms with Gasteiger partial charge < -0.3 is 16.2 Å². The van der Waals surface area contributed by atoms with E-state index in [4.69, 9.17) is 10.8 Å². The summed E-state index contributed by atoms with van der Waals surface area (Å²) >= 11 is 0. The van der Waals surface area contributed by atoms with Gasteiger partial charge in [-0.2, -0.15) is 0 Å². The third-order valence-corrected chi connectivity index (χ3v) is 1.84. The van der Waals surface area contributed by atoms with E-state index in [1.807, 2.05) is 6.92 Å². The lowest BCUT2D eigenvalue weighted by Crippen LogP contribution is -2.37. The topological polar surface area (TPSA) is 75.3 Å². The predicted octanol–water partition coefficient (Wildman–Crippen LogP) is 0.469. The van der Waals surface area contributed by atoms with E-state index in [1.54, 1.807) is 12.1 Å². The van der Waals surface area contributed by atoms with Gasteiger partial charge in [0.05, 0.1) is 0 Å². The second kappa shape index (κ2) is 4.62. The van der Waals surface area contributed by atoms with Crippen LogP contribution in [0.1, 0.15) is 17.3 Å². The normalized spacial score (nSPS) is 12.1. The third-order valence-electron chi connectivity index (χ3n) is 1.84. The van der Waals surface area contributed by atoms with Crippen molar-refractivity contribution in [2.45, 2.75) is 13.0 Å². The molecule has 4 N–H and O–H groups in total. The molecular weight excluding hydrogens is 180 g/mol. The van der Waals surface area contributed by atoms with Gasteiger partial charge in [0.15, 0.2) is 0 Å². The highest BCUT2D eigenvalue weighted by atomic mass is 16.3. The zero-order chi connectivity index (χ0) is 10.6. The molecule has 4 heteroatoms. The molecule has 0 aliphatic heterocycles. The maximum Gasteiger partial charge on any atom is 0.251 e. The summed E-state index contributed by atoms with van der Waals surface area (Å²) in [4.78, 5) is 11.5.